The molecule has 1 rings (SSSR count). The van der Waals surface area contributed by atoms with Crippen molar-refractivity contribution in [2.45, 2.75) is 38.5 Å². The first-order chi connectivity index (χ1) is 8.34. The van der Waals surface area contributed by atoms with Gasteiger partial charge in [-0.15, -0.1) is 0 Å². The monoisotopic (exact) mass is 269 g/mol. The third-order valence-electron chi connectivity index (χ3n) is 3.28. The van der Waals surface area contributed by atoms with Gasteiger partial charge in [-0.3, -0.25) is 0 Å². The molecule has 0 aliphatic rings. The molecule has 0 saturated heterocycles. The van der Waals surface area contributed by atoms with Gasteiger partial charge in [-0.05, 0) is 32.4 Å². The number of benzene rings is 1. The highest BCUT2D eigenvalue weighted by molar-refractivity contribution is 7.91. The quantitative estimate of drug-likeness (QED) is 0.858. The van der Waals surface area contributed by atoms with E-state index in [0.717, 1.165) is 13.0 Å². The molecule has 4 heteroatoms. The molecule has 2 atom stereocenters. The van der Waals surface area contributed by atoms with Crippen molar-refractivity contribution >= 4 is 9.84 Å². The van der Waals surface area contributed by atoms with Crippen LogP contribution in [0.25, 0.3) is 0 Å². The Morgan fingerprint density at radius 1 is 1.22 bits per heavy atom. The number of rotatable bonds is 6. The van der Waals surface area contributed by atoms with Crippen LogP contribution in [0.5, 0.6) is 0 Å². The van der Waals surface area contributed by atoms with E-state index >= 15 is 0 Å². The predicted octanol–water partition coefficient (Wildman–Crippen LogP) is 1.95. The normalized spacial score (nSPS) is 15.3. The zero-order valence-corrected chi connectivity index (χ0v) is 12.4. The topological polar surface area (TPSA) is 46.2 Å². The Morgan fingerprint density at radius 3 is 2.22 bits per heavy atom. The van der Waals surface area contributed by atoms with Gasteiger partial charge in [0.15, 0.2) is 9.84 Å². The Kier molecular flexibility index (Phi) is 5.35. The molecule has 0 amide bonds. The molecule has 3 nitrogen and oxygen atoms in total. The highest BCUT2D eigenvalue weighted by atomic mass is 32.2. The van der Waals surface area contributed by atoms with Crippen LogP contribution < -0.4 is 5.32 Å². The second-order valence-corrected chi connectivity index (χ2v) is 7.29. The van der Waals surface area contributed by atoms with E-state index in [1.807, 2.05) is 13.8 Å². The summed E-state index contributed by atoms with van der Waals surface area (Å²) in [5.74, 6) is 0. The Bertz CT molecular complexity index is 465. The second-order valence-electron chi connectivity index (χ2n) is 4.89. The van der Waals surface area contributed by atoms with Crippen LogP contribution in [0.2, 0.25) is 0 Å². The number of likely N-dealkylation sites (N-methyl/N-ethyl adjacent to an activating group) is 1. The van der Waals surface area contributed by atoms with Gasteiger partial charge in [0, 0.05) is 12.3 Å². The fourth-order valence-electron chi connectivity index (χ4n) is 1.94. The first-order valence-electron chi connectivity index (χ1n) is 6.32. The summed E-state index contributed by atoms with van der Waals surface area (Å²) in [6, 6.07) is 8.21. The Labute approximate surface area is 111 Å². The fourth-order valence-corrected chi connectivity index (χ4v) is 2.73. The van der Waals surface area contributed by atoms with Gasteiger partial charge in [-0.25, -0.2) is 8.42 Å². The highest BCUT2D eigenvalue weighted by Crippen LogP contribution is 2.12. The van der Waals surface area contributed by atoms with Crippen molar-refractivity contribution < 1.29 is 8.42 Å². The average molecular weight is 269 g/mol. The summed E-state index contributed by atoms with van der Waals surface area (Å²) < 4.78 is 23.3. The minimum Gasteiger partial charge on any atom is -0.313 e. The first kappa shape index (κ1) is 15.2. The molecule has 0 aromatic heterocycles. The van der Waals surface area contributed by atoms with E-state index in [9.17, 15) is 8.42 Å². The van der Waals surface area contributed by atoms with Gasteiger partial charge < -0.3 is 5.32 Å². The van der Waals surface area contributed by atoms with E-state index in [0.29, 0.717) is 0 Å². The van der Waals surface area contributed by atoms with Crippen LogP contribution in [0.15, 0.2) is 24.3 Å². The molecule has 0 bridgehead atoms. The summed E-state index contributed by atoms with van der Waals surface area (Å²) in [5, 5.41) is 2.90. The molecule has 1 N–H and O–H groups in total. The maximum absolute atomic E-state index is 11.7. The summed E-state index contributed by atoms with van der Waals surface area (Å²) in [7, 11) is -3.02. The highest BCUT2D eigenvalue weighted by Gasteiger charge is 2.25. The smallest absolute Gasteiger partial charge is 0.151 e. The van der Waals surface area contributed by atoms with Crippen LogP contribution in [0, 0.1) is 6.92 Å². The molecule has 1 aromatic carbocycles. The molecule has 0 saturated carbocycles. The van der Waals surface area contributed by atoms with Crippen molar-refractivity contribution in [3.05, 3.63) is 35.4 Å². The van der Waals surface area contributed by atoms with Crippen LogP contribution in [0.4, 0.5) is 0 Å². The van der Waals surface area contributed by atoms with Crippen molar-refractivity contribution in [1.29, 1.82) is 0 Å². The van der Waals surface area contributed by atoms with Crippen molar-refractivity contribution in [3.8, 4) is 0 Å². The summed E-state index contributed by atoms with van der Waals surface area (Å²) >= 11 is 0. The zero-order valence-electron chi connectivity index (χ0n) is 11.6. The van der Waals surface area contributed by atoms with Crippen LogP contribution in [-0.2, 0) is 16.3 Å². The van der Waals surface area contributed by atoms with Crippen molar-refractivity contribution in [2.75, 3.05) is 12.8 Å². The predicted molar refractivity (Wildman–Crippen MR) is 76.7 cm³/mol. The molecule has 0 radical (unpaired) electrons. The molecule has 18 heavy (non-hydrogen) atoms. The fraction of sp³-hybridized carbons (Fsp3) is 0.571. The van der Waals surface area contributed by atoms with Gasteiger partial charge in [-0.1, -0.05) is 36.8 Å². The van der Waals surface area contributed by atoms with E-state index in [1.165, 1.54) is 17.4 Å². The standard InChI is InChI=1S/C14H23NO2S/c1-5-15-14(12(3)18(4,16)17)10-13-8-6-11(2)7-9-13/h6-9,12,14-15H,5,10H2,1-4H3. The second kappa shape index (κ2) is 6.34. The maximum atomic E-state index is 11.7. The Balaban J connectivity index is 2.83. The van der Waals surface area contributed by atoms with Crippen LogP contribution in [0.1, 0.15) is 25.0 Å². The first-order valence-corrected chi connectivity index (χ1v) is 8.28. The number of sulfone groups is 1. The van der Waals surface area contributed by atoms with Crippen molar-refractivity contribution in [2.24, 2.45) is 0 Å². The summed E-state index contributed by atoms with van der Waals surface area (Å²) in [4.78, 5) is 0. The summed E-state index contributed by atoms with van der Waals surface area (Å²) in [5.41, 5.74) is 2.39. The van der Waals surface area contributed by atoms with Crippen molar-refractivity contribution in [3.63, 3.8) is 0 Å². The lowest BCUT2D eigenvalue weighted by Gasteiger charge is -2.23. The molecule has 0 aliphatic carbocycles. The largest absolute Gasteiger partial charge is 0.313 e. The molecule has 102 valence electrons. The SMILES string of the molecule is CCNC(Cc1ccc(C)cc1)C(C)S(C)(=O)=O. The molecular formula is C14H23NO2S. The summed E-state index contributed by atoms with van der Waals surface area (Å²) in [6.45, 7) is 6.59. The van der Waals surface area contributed by atoms with E-state index in [1.54, 1.807) is 6.92 Å². The number of nitrogens with one attached hydrogen (secondary N) is 1. The minimum absolute atomic E-state index is 0.0345. The lowest BCUT2D eigenvalue weighted by molar-refractivity contribution is 0.494. The average Bonchev–Trinajstić information content (AvgIpc) is 2.29. The maximum Gasteiger partial charge on any atom is 0.151 e. The number of hydrogen-bond donors (Lipinski definition) is 1. The Hall–Kier alpha value is -0.870. The van der Waals surface area contributed by atoms with Gasteiger partial charge >= 0.3 is 0 Å². The number of aryl methyl sites for hydroxylation is 1. The molecule has 1 aromatic rings. The third kappa shape index (κ3) is 4.42. The van der Waals surface area contributed by atoms with E-state index in [2.05, 4.69) is 29.6 Å². The molecule has 0 spiro atoms. The lowest BCUT2D eigenvalue weighted by atomic mass is 10.0. The third-order valence-corrected chi connectivity index (χ3v) is 4.96. The van der Waals surface area contributed by atoms with E-state index in [4.69, 9.17) is 0 Å². The van der Waals surface area contributed by atoms with Gasteiger partial charge in [0.1, 0.15) is 0 Å². The zero-order chi connectivity index (χ0) is 13.8. The van der Waals surface area contributed by atoms with Crippen LogP contribution >= 0.6 is 0 Å². The number of hydrogen-bond acceptors (Lipinski definition) is 3. The molecule has 2 unspecified atom stereocenters. The van der Waals surface area contributed by atoms with Crippen LogP contribution in [0.3, 0.4) is 0 Å². The molecule has 0 heterocycles. The van der Waals surface area contributed by atoms with Gasteiger partial charge in [0.05, 0.1) is 5.25 Å². The van der Waals surface area contributed by atoms with Crippen molar-refractivity contribution in [1.82, 2.24) is 5.32 Å². The van der Waals surface area contributed by atoms with E-state index in [-0.39, 0.29) is 11.3 Å². The van der Waals surface area contributed by atoms with Gasteiger partial charge in [0.2, 0.25) is 0 Å². The minimum atomic E-state index is -3.02. The lowest BCUT2D eigenvalue weighted by Crippen LogP contribution is -2.43. The molecular weight excluding hydrogens is 246 g/mol. The molecule has 0 fully saturated rings. The van der Waals surface area contributed by atoms with Gasteiger partial charge in [0.25, 0.3) is 0 Å². The molecule has 0 aliphatic heterocycles. The van der Waals surface area contributed by atoms with Gasteiger partial charge in [-0.2, -0.15) is 0 Å². The van der Waals surface area contributed by atoms with Crippen LogP contribution in [-0.4, -0.2) is 32.5 Å². The summed E-state index contributed by atoms with van der Waals surface area (Å²) in [6.07, 6.45) is 2.04. The van der Waals surface area contributed by atoms with E-state index < -0.39 is 9.84 Å². The Morgan fingerprint density at radius 2 is 1.78 bits per heavy atom.